The van der Waals surface area contributed by atoms with Gasteiger partial charge in [0.15, 0.2) is 0 Å². The van der Waals surface area contributed by atoms with Crippen LogP contribution in [-0.2, 0) is 9.59 Å². The number of anilines is 1. The van der Waals surface area contributed by atoms with Crippen LogP contribution in [0, 0.1) is 0 Å². The van der Waals surface area contributed by atoms with Crippen LogP contribution in [0.4, 0.5) is 5.69 Å². The summed E-state index contributed by atoms with van der Waals surface area (Å²) in [5.74, 6) is -0.677. The molecule has 1 aliphatic rings. The van der Waals surface area contributed by atoms with Crippen molar-refractivity contribution in [2.24, 2.45) is 5.73 Å². The fourth-order valence-corrected chi connectivity index (χ4v) is 2.25. The molecule has 0 aliphatic carbocycles. The molecule has 1 aliphatic heterocycles. The maximum Gasteiger partial charge on any atom is 0.236 e. The van der Waals surface area contributed by atoms with Gasteiger partial charge in [0.05, 0.1) is 13.1 Å². The number of benzene rings is 1. The molecule has 1 saturated heterocycles. The maximum atomic E-state index is 11.6. The van der Waals surface area contributed by atoms with Gasteiger partial charge in [-0.05, 0) is 12.1 Å². The SMILES string of the molecule is NC(=O)CNC(=O)CN1CCN(c2ccccc2)CC1. The van der Waals surface area contributed by atoms with Crippen LogP contribution in [0.2, 0.25) is 0 Å². The molecular formula is C14H20N4O2. The predicted octanol–water partition coefficient (Wildman–Crippen LogP) is -0.590. The Labute approximate surface area is 118 Å². The predicted molar refractivity (Wildman–Crippen MR) is 77.3 cm³/mol. The third-order valence-corrected chi connectivity index (χ3v) is 3.32. The Bertz CT molecular complexity index is 456. The van der Waals surface area contributed by atoms with Crippen LogP contribution in [0.25, 0.3) is 0 Å². The molecule has 0 aromatic heterocycles. The van der Waals surface area contributed by atoms with Gasteiger partial charge in [-0.25, -0.2) is 0 Å². The van der Waals surface area contributed by atoms with E-state index in [-0.39, 0.29) is 12.5 Å². The quantitative estimate of drug-likeness (QED) is 0.753. The molecule has 0 bridgehead atoms. The fourth-order valence-electron chi connectivity index (χ4n) is 2.25. The molecule has 0 saturated carbocycles. The number of nitrogens with zero attached hydrogens (tertiary/aromatic N) is 2. The molecule has 0 atom stereocenters. The highest BCUT2D eigenvalue weighted by Crippen LogP contribution is 2.15. The van der Waals surface area contributed by atoms with Gasteiger partial charge in [0, 0.05) is 31.9 Å². The Morgan fingerprint density at radius 2 is 1.75 bits per heavy atom. The zero-order valence-electron chi connectivity index (χ0n) is 11.4. The Morgan fingerprint density at radius 1 is 1.10 bits per heavy atom. The van der Waals surface area contributed by atoms with E-state index in [1.165, 1.54) is 5.69 Å². The van der Waals surface area contributed by atoms with Crippen molar-refractivity contribution in [3.63, 3.8) is 0 Å². The minimum Gasteiger partial charge on any atom is -0.369 e. The van der Waals surface area contributed by atoms with Gasteiger partial charge < -0.3 is 16.0 Å². The molecule has 1 fully saturated rings. The second-order valence-electron chi connectivity index (χ2n) is 4.84. The summed E-state index contributed by atoms with van der Waals surface area (Å²) in [4.78, 5) is 26.6. The third-order valence-electron chi connectivity index (χ3n) is 3.32. The van der Waals surface area contributed by atoms with Crippen molar-refractivity contribution in [2.45, 2.75) is 0 Å². The number of carbonyl (C=O) groups is 2. The number of carbonyl (C=O) groups excluding carboxylic acids is 2. The molecule has 6 heteroatoms. The monoisotopic (exact) mass is 276 g/mol. The van der Waals surface area contributed by atoms with E-state index in [2.05, 4.69) is 27.2 Å². The fraction of sp³-hybridized carbons (Fsp3) is 0.429. The van der Waals surface area contributed by atoms with Crippen LogP contribution in [0.15, 0.2) is 30.3 Å². The lowest BCUT2D eigenvalue weighted by molar-refractivity contribution is -0.125. The second-order valence-corrected chi connectivity index (χ2v) is 4.84. The van der Waals surface area contributed by atoms with E-state index < -0.39 is 5.91 Å². The molecule has 0 unspecified atom stereocenters. The molecule has 2 rings (SSSR count). The van der Waals surface area contributed by atoms with Crippen LogP contribution in [0.3, 0.4) is 0 Å². The topological polar surface area (TPSA) is 78.7 Å². The van der Waals surface area contributed by atoms with Crippen LogP contribution in [0.5, 0.6) is 0 Å². The number of rotatable bonds is 5. The highest BCUT2D eigenvalue weighted by Gasteiger charge is 2.18. The standard InChI is InChI=1S/C14H20N4O2/c15-13(19)10-16-14(20)11-17-6-8-18(9-7-17)12-4-2-1-3-5-12/h1-5H,6-11H2,(H2,15,19)(H,16,20). The number of nitrogens with one attached hydrogen (secondary N) is 1. The van der Waals surface area contributed by atoms with Gasteiger partial charge >= 0.3 is 0 Å². The van der Waals surface area contributed by atoms with E-state index in [0.717, 1.165) is 26.2 Å². The van der Waals surface area contributed by atoms with Crippen molar-refractivity contribution in [3.05, 3.63) is 30.3 Å². The van der Waals surface area contributed by atoms with Crippen LogP contribution in [-0.4, -0.2) is 56.0 Å². The first-order chi connectivity index (χ1) is 9.65. The molecular weight excluding hydrogens is 256 g/mol. The van der Waals surface area contributed by atoms with E-state index >= 15 is 0 Å². The third kappa shape index (κ3) is 4.24. The second kappa shape index (κ2) is 6.91. The Morgan fingerprint density at radius 3 is 2.35 bits per heavy atom. The summed E-state index contributed by atoms with van der Waals surface area (Å²) in [6, 6.07) is 10.2. The molecule has 0 spiro atoms. The Kier molecular flexibility index (Phi) is 4.95. The average molecular weight is 276 g/mol. The number of primary amides is 1. The van der Waals surface area contributed by atoms with Gasteiger partial charge in [0.25, 0.3) is 0 Å². The molecule has 1 aromatic rings. The lowest BCUT2D eigenvalue weighted by Gasteiger charge is -2.35. The van der Waals surface area contributed by atoms with Gasteiger partial charge in [-0.3, -0.25) is 14.5 Å². The summed E-state index contributed by atoms with van der Waals surface area (Å²) in [5, 5.41) is 2.50. The zero-order valence-corrected chi connectivity index (χ0v) is 11.4. The normalized spacial score (nSPS) is 15.9. The molecule has 108 valence electrons. The molecule has 6 nitrogen and oxygen atoms in total. The van der Waals surface area contributed by atoms with Gasteiger partial charge in [0.1, 0.15) is 0 Å². The minimum absolute atomic E-state index is 0.0944. The summed E-state index contributed by atoms with van der Waals surface area (Å²) < 4.78 is 0. The number of piperazine rings is 1. The summed E-state index contributed by atoms with van der Waals surface area (Å²) in [7, 11) is 0. The molecule has 2 amide bonds. The first kappa shape index (κ1) is 14.3. The van der Waals surface area contributed by atoms with Crippen molar-refractivity contribution in [3.8, 4) is 0 Å². The van der Waals surface area contributed by atoms with Crippen molar-refractivity contribution in [1.82, 2.24) is 10.2 Å². The van der Waals surface area contributed by atoms with Crippen molar-refractivity contribution >= 4 is 17.5 Å². The molecule has 20 heavy (non-hydrogen) atoms. The Balaban J connectivity index is 1.74. The largest absolute Gasteiger partial charge is 0.369 e. The first-order valence-electron chi connectivity index (χ1n) is 6.72. The summed E-state index contributed by atoms with van der Waals surface area (Å²) in [5.41, 5.74) is 6.20. The van der Waals surface area contributed by atoms with Gasteiger partial charge in [-0.2, -0.15) is 0 Å². The highest BCUT2D eigenvalue weighted by atomic mass is 16.2. The number of amides is 2. The molecule has 3 N–H and O–H groups in total. The summed E-state index contributed by atoms with van der Waals surface area (Å²) in [6.45, 7) is 3.68. The van der Waals surface area contributed by atoms with Gasteiger partial charge in [-0.15, -0.1) is 0 Å². The number of nitrogens with two attached hydrogens (primary N) is 1. The van der Waals surface area contributed by atoms with E-state index in [1.807, 2.05) is 18.2 Å². The van der Waals surface area contributed by atoms with Crippen molar-refractivity contribution < 1.29 is 9.59 Å². The van der Waals surface area contributed by atoms with Crippen molar-refractivity contribution in [2.75, 3.05) is 44.2 Å². The minimum atomic E-state index is -0.521. The smallest absolute Gasteiger partial charge is 0.236 e. The van der Waals surface area contributed by atoms with E-state index in [9.17, 15) is 9.59 Å². The molecule has 0 radical (unpaired) electrons. The van der Waals surface area contributed by atoms with E-state index in [4.69, 9.17) is 5.73 Å². The number of hydrogen-bond acceptors (Lipinski definition) is 4. The van der Waals surface area contributed by atoms with Gasteiger partial charge in [-0.1, -0.05) is 18.2 Å². The van der Waals surface area contributed by atoms with Crippen LogP contribution >= 0.6 is 0 Å². The van der Waals surface area contributed by atoms with E-state index in [0.29, 0.717) is 6.54 Å². The lowest BCUT2D eigenvalue weighted by atomic mass is 10.2. The molecule has 1 heterocycles. The van der Waals surface area contributed by atoms with Crippen molar-refractivity contribution in [1.29, 1.82) is 0 Å². The summed E-state index contributed by atoms with van der Waals surface area (Å²) >= 11 is 0. The Hall–Kier alpha value is -2.08. The van der Waals surface area contributed by atoms with Crippen LogP contribution < -0.4 is 16.0 Å². The molecule has 1 aromatic carbocycles. The highest BCUT2D eigenvalue weighted by molar-refractivity contribution is 5.84. The number of hydrogen-bond donors (Lipinski definition) is 2. The summed E-state index contributed by atoms with van der Waals surface area (Å²) in [6.07, 6.45) is 0. The average Bonchev–Trinajstić information content (AvgIpc) is 2.47. The van der Waals surface area contributed by atoms with Gasteiger partial charge in [0.2, 0.25) is 11.8 Å². The lowest BCUT2D eigenvalue weighted by Crippen LogP contribution is -2.50. The van der Waals surface area contributed by atoms with E-state index in [1.54, 1.807) is 0 Å². The maximum absolute atomic E-state index is 11.6. The zero-order chi connectivity index (χ0) is 14.4. The first-order valence-corrected chi connectivity index (χ1v) is 6.72. The van der Waals surface area contributed by atoms with Crippen LogP contribution in [0.1, 0.15) is 0 Å². The number of para-hydroxylation sites is 1.